The number of rotatable bonds is 4. The smallest absolute Gasteiger partial charge is 0.0198 e. The summed E-state index contributed by atoms with van der Waals surface area (Å²) in [6.07, 6.45) is 5.85. The standard InChI is InChI=1S/C18H36N2.C2H6/c1-14(2)10-19-11-16(4)20(17(5)12-19)13-18-8-6-15(3)7-9-18;1-2/h14-18H,6-13H2,1-5H3;1-2H3. The predicted octanol–water partition coefficient (Wildman–Crippen LogP) is 4.89. The number of hydrogen-bond acceptors (Lipinski definition) is 2. The molecule has 0 aromatic carbocycles. The SMILES string of the molecule is CC.CC(C)CN1CC(C)N(CC2CCC(C)CC2)C(C)C1. The lowest BCUT2D eigenvalue weighted by atomic mass is 9.82. The van der Waals surface area contributed by atoms with Crippen molar-refractivity contribution in [2.75, 3.05) is 26.2 Å². The molecule has 1 saturated heterocycles. The van der Waals surface area contributed by atoms with Gasteiger partial charge in [-0.15, -0.1) is 0 Å². The van der Waals surface area contributed by atoms with E-state index >= 15 is 0 Å². The zero-order chi connectivity index (χ0) is 16.7. The highest BCUT2D eigenvalue weighted by atomic mass is 15.3. The highest BCUT2D eigenvalue weighted by Gasteiger charge is 2.31. The minimum Gasteiger partial charge on any atom is -0.300 e. The van der Waals surface area contributed by atoms with Crippen LogP contribution in [-0.4, -0.2) is 48.1 Å². The third kappa shape index (κ3) is 6.20. The van der Waals surface area contributed by atoms with E-state index in [-0.39, 0.29) is 0 Å². The van der Waals surface area contributed by atoms with Crippen molar-refractivity contribution in [3.63, 3.8) is 0 Å². The van der Waals surface area contributed by atoms with Crippen molar-refractivity contribution in [1.82, 2.24) is 9.80 Å². The summed E-state index contributed by atoms with van der Waals surface area (Å²) < 4.78 is 0. The topological polar surface area (TPSA) is 6.48 Å². The Morgan fingerprint density at radius 2 is 1.36 bits per heavy atom. The van der Waals surface area contributed by atoms with Gasteiger partial charge in [-0.25, -0.2) is 0 Å². The van der Waals surface area contributed by atoms with Gasteiger partial charge in [-0.1, -0.05) is 47.5 Å². The summed E-state index contributed by atoms with van der Waals surface area (Å²) in [6.45, 7) is 21.1. The van der Waals surface area contributed by atoms with E-state index in [1.165, 1.54) is 51.9 Å². The van der Waals surface area contributed by atoms with Crippen LogP contribution in [0.25, 0.3) is 0 Å². The Labute approximate surface area is 140 Å². The number of hydrogen-bond donors (Lipinski definition) is 0. The highest BCUT2D eigenvalue weighted by molar-refractivity contribution is 4.87. The van der Waals surface area contributed by atoms with Crippen LogP contribution in [-0.2, 0) is 0 Å². The van der Waals surface area contributed by atoms with Crippen molar-refractivity contribution in [3.8, 4) is 0 Å². The van der Waals surface area contributed by atoms with Crippen LogP contribution in [0.1, 0.15) is 74.1 Å². The minimum absolute atomic E-state index is 0.733. The van der Waals surface area contributed by atoms with Crippen molar-refractivity contribution in [1.29, 1.82) is 0 Å². The summed E-state index contributed by atoms with van der Waals surface area (Å²) in [5, 5.41) is 0. The van der Waals surface area contributed by atoms with Gasteiger partial charge >= 0.3 is 0 Å². The Hall–Kier alpha value is -0.0800. The number of piperazine rings is 1. The van der Waals surface area contributed by atoms with Crippen molar-refractivity contribution in [3.05, 3.63) is 0 Å². The van der Waals surface area contributed by atoms with E-state index in [0.29, 0.717) is 0 Å². The third-order valence-corrected chi connectivity index (χ3v) is 5.40. The van der Waals surface area contributed by atoms with Crippen molar-refractivity contribution >= 4 is 0 Å². The van der Waals surface area contributed by atoms with Crippen LogP contribution in [0.3, 0.4) is 0 Å². The van der Waals surface area contributed by atoms with Gasteiger partial charge in [0.2, 0.25) is 0 Å². The Kier molecular flexibility index (Phi) is 9.01. The van der Waals surface area contributed by atoms with E-state index in [1.54, 1.807) is 0 Å². The number of nitrogens with zero attached hydrogens (tertiary/aromatic N) is 2. The molecule has 0 radical (unpaired) electrons. The van der Waals surface area contributed by atoms with Crippen molar-refractivity contribution < 1.29 is 0 Å². The first-order valence-corrected chi connectivity index (χ1v) is 9.93. The average molecular weight is 311 g/mol. The van der Waals surface area contributed by atoms with E-state index in [4.69, 9.17) is 0 Å². The van der Waals surface area contributed by atoms with Crippen LogP contribution < -0.4 is 0 Å². The second kappa shape index (κ2) is 9.93. The van der Waals surface area contributed by atoms with Gasteiger partial charge in [-0.2, -0.15) is 0 Å². The van der Waals surface area contributed by atoms with E-state index in [9.17, 15) is 0 Å². The van der Waals surface area contributed by atoms with E-state index in [2.05, 4.69) is 44.4 Å². The first-order chi connectivity index (χ1) is 10.5. The minimum atomic E-state index is 0.733. The van der Waals surface area contributed by atoms with Gasteiger partial charge in [0.1, 0.15) is 0 Å². The van der Waals surface area contributed by atoms with Gasteiger partial charge in [0, 0.05) is 38.3 Å². The fourth-order valence-corrected chi connectivity index (χ4v) is 4.30. The van der Waals surface area contributed by atoms with Gasteiger partial charge in [-0.05, 0) is 44.4 Å². The molecule has 0 aromatic heterocycles. The maximum absolute atomic E-state index is 2.80. The Morgan fingerprint density at radius 1 is 0.864 bits per heavy atom. The van der Waals surface area contributed by atoms with Crippen molar-refractivity contribution in [2.45, 2.75) is 86.2 Å². The van der Waals surface area contributed by atoms with Crippen LogP contribution >= 0.6 is 0 Å². The normalized spacial score (nSPS) is 34.4. The van der Waals surface area contributed by atoms with Crippen LogP contribution in [0.4, 0.5) is 0 Å². The molecule has 0 amide bonds. The molecule has 1 aliphatic heterocycles. The molecule has 2 aliphatic rings. The molecule has 2 heteroatoms. The van der Waals surface area contributed by atoms with Gasteiger partial charge in [0.15, 0.2) is 0 Å². The molecular weight excluding hydrogens is 268 g/mol. The lowest BCUT2D eigenvalue weighted by Crippen LogP contribution is -2.58. The molecule has 2 fully saturated rings. The highest BCUT2D eigenvalue weighted by Crippen LogP contribution is 2.30. The second-order valence-corrected chi connectivity index (χ2v) is 8.13. The molecule has 22 heavy (non-hydrogen) atoms. The van der Waals surface area contributed by atoms with Gasteiger partial charge in [0.25, 0.3) is 0 Å². The zero-order valence-corrected chi connectivity index (χ0v) is 16.4. The van der Waals surface area contributed by atoms with E-state index in [0.717, 1.165) is 29.8 Å². The molecule has 0 N–H and O–H groups in total. The average Bonchev–Trinajstić information content (AvgIpc) is 2.46. The molecule has 1 aliphatic carbocycles. The maximum Gasteiger partial charge on any atom is 0.0198 e. The van der Waals surface area contributed by atoms with Gasteiger partial charge < -0.3 is 0 Å². The quantitative estimate of drug-likeness (QED) is 0.729. The second-order valence-electron chi connectivity index (χ2n) is 8.13. The maximum atomic E-state index is 2.80. The summed E-state index contributed by atoms with van der Waals surface area (Å²) in [7, 11) is 0. The Bertz CT molecular complexity index is 269. The molecule has 2 unspecified atom stereocenters. The molecule has 1 heterocycles. The lowest BCUT2D eigenvalue weighted by Gasteiger charge is -2.46. The summed E-state index contributed by atoms with van der Waals surface area (Å²) in [5.74, 6) is 2.73. The molecule has 2 atom stereocenters. The first-order valence-electron chi connectivity index (χ1n) is 9.93. The summed E-state index contributed by atoms with van der Waals surface area (Å²) in [6, 6.07) is 1.47. The summed E-state index contributed by atoms with van der Waals surface area (Å²) in [5.41, 5.74) is 0. The Morgan fingerprint density at radius 3 is 1.82 bits per heavy atom. The molecule has 2 rings (SSSR count). The van der Waals surface area contributed by atoms with Crippen LogP contribution in [0.15, 0.2) is 0 Å². The molecule has 132 valence electrons. The third-order valence-electron chi connectivity index (χ3n) is 5.40. The largest absolute Gasteiger partial charge is 0.300 e. The monoisotopic (exact) mass is 310 g/mol. The lowest BCUT2D eigenvalue weighted by molar-refractivity contribution is 0.0171. The summed E-state index contributed by atoms with van der Waals surface area (Å²) in [4.78, 5) is 5.48. The summed E-state index contributed by atoms with van der Waals surface area (Å²) >= 11 is 0. The Balaban J connectivity index is 0.00000116. The molecule has 0 bridgehead atoms. The molecule has 1 saturated carbocycles. The van der Waals surface area contributed by atoms with Crippen LogP contribution in [0, 0.1) is 17.8 Å². The zero-order valence-electron chi connectivity index (χ0n) is 16.4. The first kappa shape index (κ1) is 20.0. The van der Waals surface area contributed by atoms with Crippen molar-refractivity contribution in [2.24, 2.45) is 17.8 Å². The van der Waals surface area contributed by atoms with Crippen LogP contribution in [0.2, 0.25) is 0 Å². The molecule has 2 nitrogen and oxygen atoms in total. The van der Waals surface area contributed by atoms with Crippen LogP contribution in [0.5, 0.6) is 0 Å². The van der Waals surface area contributed by atoms with Gasteiger partial charge in [-0.3, -0.25) is 9.80 Å². The molecular formula is C20H42N2. The molecule has 0 spiro atoms. The molecule has 0 aromatic rings. The predicted molar refractivity (Wildman–Crippen MR) is 99.4 cm³/mol. The van der Waals surface area contributed by atoms with E-state index < -0.39 is 0 Å². The van der Waals surface area contributed by atoms with E-state index in [1.807, 2.05) is 13.8 Å². The van der Waals surface area contributed by atoms with Gasteiger partial charge in [0.05, 0.1) is 0 Å². The fraction of sp³-hybridized carbons (Fsp3) is 1.00. The fourth-order valence-electron chi connectivity index (χ4n) is 4.30.